The number of H-pyrrole nitrogens is 1. The van der Waals surface area contributed by atoms with E-state index in [1.54, 1.807) is 6.92 Å². The number of sulfonamides is 1. The number of nitrogens with zero attached hydrogens (tertiary/aromatic N) is 1. The monoisotopic (exact) mass is 260 g/mol. The van der Waals surface area contributed by atoms with Crippen molar-refractivity contribution in [2.24, 2.45) is 0 Å². The molecule has 0 amide bonds. The normalized spacial score (nSPS) is 22.8. The molecule has 17 heavy (non-hydrogen) atoms. The van der Waals surface area contributed by atoms with E-state index < -0.39 is 10.0 Å². The summed E-state index contributed by atoms with van der Waals surface area (Å²) >= 11 is 0. The fourth-order valence-corrected chi connectivity index (χ4v) is 3.18. The molecule has 0 bridgehead atoms. The topological polar surface area (TPSA) is 110 Å². The van der Waals surface area contributed by atoms with Crippen LogP contribution in [0, 0.1) is 0 Å². The summed E-state index contributed by atoms with van der Waals surface area (Å²) in [6.07, 6.45) is 2.95. The molecule has 1 saturated heterocycles. The van der Waals surface area contributed by atoms with E-state index in [-0.39, 0.29) is 22.9 Å². The van der Waals surface area contributed by atoms with Gasteiger partial charge in [0.05, 0.1) is 12.3 Å². The fourth-order valence-electron chi connectivity index (χ4n) is 1.88. The Kier molecular flexibility index (Phi) is 3.36. The molecule has 2 atom stereocenters. The maximum atomic E-state index is 12.0. The van der Waals surface area contributed by atoms with Crippen LogP contribution in [0.3, 0.4) is 0 Å². The summed E-state index contributed by atoms with van der Waals surface area (Å²) in [6, 6.07) is -0.281. The zero-order valence-electron chi connectivity index (χ0n) is 9.51. The first-order chi connectivity index (χ1) is 8.00. The third-order valence-corrected chi connectivity index (χ3v) is 4.37. The highest BCUT2D eigenvalue weighted by Gasteiger charge is 2.28. The highest BCUT2D eigenvalue weighted by Crippen LogP contribution is 2.19. The lowest BCUT2D eigenvalue weighted by Gasteiger charge is -2.19. The molecule has 2 rings (SSSR count). The molecule has 96 valence electrons. The van der Waals surface area contributed by atoms with E-state index >= 15 is 0 Å². The average molecular weight is 260 g/mol. The highest BCUT2D eigenvalue weighted by molar-refractivity contribution is 7.89. The maximum Gasteiger partial charge on any atom is 0.246 e. The van der Waals surface area contributed by atoms with Crippen molar-refractivity contribution in [2.45, 2.75) is 36.8 Å². The second-order valence-corrected chi connectivity index (χ2v) is 5.79. The number of rotatable bonds is 4. The van der Waals surface area contributed by atoms with E-state index in [1.165, 1.54) is 6.20 Å². The molecule has 0 saturated carbocycles. The number of nitrogens with one attached hydrogen (secondary N) is 2. The van der Waals surface area contributed by atoms with E-state index in [4.69, 9.17) is 10.5 Å². The van der Waals surface area contributed by atoms with Gasteiger partial charge in [0.2, 0.25) is 10.0 Å². The number of aromatic nitrogens is 2. The molecule has 1 aromatic rings. The van der Waals surface area contributed by atoms with Crippen LogP contribution in [0.5, 0.6) is 0 Å². The van der Waals surface area contributed by atoms with Crippen molar-refractivity contribution in [1.82, 2.24) is 14.9 Å². The van der Waals surface area contributed by atoms with Gasteiger partial charge in [0, 0.05) is 12.6 Å². The van der Waals surface area contributed by atoms with Crippen LogP contribution in [0.4, 0.5) is 5.82 Å². The van der Waals surface area contributed by atoms with Gasteiger partial charge in [-0.25, -0.2) is 13.1 Å². The van der Waals surface area contributed by atoms with E-state index in [1.807, 2.05) is 0 Å². The Morgan fingerprint density at radius 2 is 2.47 bits per heavy atom. The van der Waals surface area contributed by atoms with Crippen molar-refractivity contribution in [1.29, 1.82) is 0 Å². The minimum absolute atomic E-state index is 0.0256. The molecular formula is C9H16N4O3S. The SMILES string of the molecule is CC(NS(=O)(=O)c1cn[nH]c1N)C1CCCO1. The molecule has 7 nitrogen and oxygen atoms in total. The predicted molar refractivity (Wildman–Crippen MR) is 61.8 cm³/mol. The summed E-state index contributed by atoms with van der Waals surface area (Å²) < 4.78 is 31.9. The lowest BCUT2D eigenvalue weighted by atomic mass is 10.1. The smallest absolute Gasteiger partial charge is 0.246 e. The lowest BCUT2D eigenvalue weighted by Crippen LogP contribution is -2.40. The lowest BCUT2D eigenvalue weighted by molar-refractivity contribution is 0.0902. The molecule has 0 aromatic carbocycles. The standard InChI is InChI=1S/C9H16N4O3S/c1-6(7-3-2-4-16-7)13-17(14,15)8-5-11-12-9(8)10/h5-7,13H,2-4H2,1H3,(H3,10,11,12). The van der Waals surface area contributed by atoms with Crippen molar-refractivity contribution in [3.8, 4) is 0 Å². The van der Waals surface area contributed by atoms with E-state index in [0.29, 0.717) is 6.61 Å². The van der Waals surface area contributed by atoms with Crippen LogP contribution < -0.4 is 10.5 Å². The molecule has 1 aliphatic rings. The summed E-state index contributed by atoms with van der Waals surface area (Å²) in [5, 5.41) is 5.99. The molecule has 8 heteroatoms. The number of ether oxygens (including phenoxy) is 1. The summed E-state index contributed by atoms with van der Waals surface area (Å²) in [5.74, 6) is 0.0389. The maximum absolute atomic E-state index is 12.0. The second-order valence-electron chi connectivity index (χ2n) is 4.11. The third-order valence-electron chi connectivity index (χ3n) is 2.79. The van der Waals surface area contributed by atoms with Gasteiger partial charge in [0.25, 0.3) is 0 Å². The van der Waals surface area contributed by atoms with Gasteiger partial charge < -0.3 is 10.5 Å². The minimum Gasteiger partial charge on any atom is -0.383 e. The first-order valence-electron chi connectivity index (χ1n) is 5.43. The molecule has 1 aliphatic heterocycles. The van der Waals surface area contributed by atoms with Crippen molar-refractivity contribution >= 4 is 15.8 Å². The van der Waals surface area contributed by atoms with Crippen LogP contribution in [-0.2, 0) is 14.8 Å². The third kappa shape index (κ3) is 2.59. The molecule has 2 unspecified atom stereocenters. The molecule has 0 aliphatic carbocycles. The zero-order chi connectivity index (χ0) is 12.5. The predicted octanol–water partition coefficient (Wildman–Crippen LogP) is -0.162. The Balaban J connectivity index is 2.09. The number of nitrogens with two attached hydrogens (primary N) is 1. The van der Waals surface area contributed by atoms with Gasteiger partial charge in [-0.1, -0.05) is 0 Å². The average Bonchev–Trinajstić information content (AvgIpc) is 2.85. The van der Waals surface area contributed by atoms with Gasteiger partial charge in [-0.2, -0.15) is 5.10 Å². The van der Waals surface area contributed by atoms with Crippen LogP contribution >= 0.6 is 0 Å². The largest absolute Gasteiger partial charge is 0.383 e. The van der Waals surface area contributed by atoms with Crippen LogP contribution in [0.25, 0.3) is 0 Å². The quantitative estimate of drug-likeness (QED) is 0.696. The Morgan fingerprint density at radius 1 is 1.71 bits per heavy atom. The Hall–Kier alpha value is -1.12. The van der Waals surface area contributed by atoms with Gasteiger partial charge >= 0.3 is 0 Å². The van der Waals surface area contributed by atoms with Gasteiger partial charge in [-0.15, -0.1) is 0 Å². The number of aromatic amines is 1. The molecule has 2 heterocycles. The van der Waals surface area contributed by atoms with Gasteiger partial charge in [0.1, 0.15) is 10.7 Å². The van der Waals surface area contributed by atoms with Crippen molar-refractivity contribution in [3.63, 3.8) is 0 Å². The van der Waals surface area contributed by atoms with Crippen molar-refractivity contribution < 1.29 is 13.2 Å². The first kappa shape index (κ1) is 12.3. The molecule has 1 aromatic heterocycles. The molecule has 4 N–H and O–H groups in total. The zero-order valence-corrected chi connectivity index (χ0v) is 10.3. The number of hydrogen-bond acceptors (Lipinski definition) is 5. The van der Waals surface area contributed by atoms with E-state index in [0.717, 1.165) is 12.8 Å². The Morgan fingerprint density at radius 3 is 3.00 bits per heavy atom. The molecular weight excluding hydrogens is 244 g/mol. The number of anilines is 1. The van der Waals surface area contributed by atoms with Gasteiger partial charge in [-0.05, 0) is 19.8 Å². The molecule has 0 radical (unpaired) electrons. The summed E-state index contributed by atoms with van der Waals surface area (Å²) in [5.41, 5.74) is 5.49. The van der Waals surface area contributed by atoms with Crippen LogP contribution in [0.2, 0.25) is 0 Å². The number of nitrogen functional groups attached to an aromatic ring is 1. The van der Waals surface area contributed by atoms with E-state index in [2.05, 4.69) is 14.9 Å². The Bertz CT molecular complexity index is 478. The fraction of sp³-hybridized carbons (Fsp3) is 0.667. The molecule has 1 fully saturated rings. The molecule has 0 spiro atoms. The van der Waals surface area contributed by atoms with E-state index in [9.17, 15) is 8.42 Å². The summed E-state index contributed by atoms with van der Waals surface area (Å²) in [4.78, 5) is -0.0256. The summed E-state index contributed by atoms with van der Waals surface area (Å²) in [7, 11) is -3.63. The van der Waals surface area contributed by atoms with Crippen LogP contribution in [0.15, 0.2) is 11.1 Å². The minimum atomic E-state index is -3.63. The van der Waals surface area contributed by atoms with Gasteiger partial charge in [0.15, 0.2) is 0 Å². The highest BCUT2D eigenvalue weighted by atomic mass is 32.2. The van der Waals surface area contributed by atoms with Crippen molar-refractivity contribution in [3.05, 3.63) is 6.20 Å². The van der Waals surface area contributed by atoms with Crippen molar-refractivity contribution in [2.75, 3.05) is 12.3 Å². The first-order valence-corrected chi connectivity index (χ1v) is 6.92. The van der Waals surface area contributed by atoms with Crippen LogP contribution in [-0.4, -0.2) is 37.4 Å². The number of hydrogen-bond donors (Lipinski definition) is 3. The summed E-state index contributed by atoms with van der Waals surface area (Å²) in [6.45, 7) is 2.47. The second kappa shape index (κ2) is 4.63. The van der Waals surface area contributed by atoms with Gasteiger partial charge in [-0.3, -0.25) is 5.10 Å². The van der Waals surface area contributed by atoms with Crippen LogP contribution in [0.1, 0.15) is 19.8 Å². The Labute approximate surface area is 99.8 Å².